The minimum atomic E-state index is -0.00945. The molecule has 6 nitrogen and oxygen atoms in total. The molecule has 0 unspecified atom stereocenters. The predicted molar refractivity (Wildman–Crippen MR) is 136 cm³/mol. The van der Waals surface area contributed by atoms with E-state index >= 15 is 0 Å². The number of carbonyl (C=O) groups is 2. The molecule has 1 heterocycles. The normalized spacial score (nSPS) is 13.7. The highest BCUT2D eigenvalue weighted by Gasteiger charge is 2.24. The number of hydrogen-bond acceptors (Lipinski definition) is 4. The zero-order valence-corrected chi connectivity index (χ0v) is 20.2. The Hall–Kier alpha value is -3.80. The van der Waals surface area contributed by atoms with Crippen LogP contribution in [-0.2, 0) is 17.8 Å². The molecule has 6 heteroatoms. The van der Waals surface area contributed by atoms with Gasteiger partial charge in [-0.05, 0) is 48.7 Å². The largest absolute Gasteiger partial charge is 0.497 e. The van der Waals surface area contributed by atoms with Gasteiger partial charge in [-0.2, -0.15) is 0 Å². The third-order valence-electron chi connectivity index (χ3n) is 6.31. The van der Waals surface area contributed by atoms with Crippen LogP contribution < -0.4 is 9.47 Å². The molecule has 2 amide bonds. The molecule has 1 fully saturated rings. The first kappa shape index (κ1) is 24.3. The molecule has 4 rings (SSSR count). The van der Waals surface area contributed by atoms with E-state index in [9.17, 15) is 9.59 Å². The van der Waals surface area contributed by atoms with E-state index in [1.54, 1.807) is 7.11 Å². The summed E-state index contributed by atoms with van der Waals surface area (Å²) in [5.41, 5.74) is 2.63. The van der Waals surface area contributed by atoms with Crippen LogP contribution in [0.25, 0.3) is 0 Å². The van der Waals surface area contributed by atoms with Gasteiger partial charge in [-0.25, -0.2) is 0 Å². The summed E-state index contributed by atoms with van der Waals surface area (Å²) in [6, 6.07) is 25.0. The fourth-order valence-corrected chi connectivity index (χ4v) is 4.27. The molecule has 3 aromatic rings. The van der Waals surface area contributed by atoms with Crippen molar-refractivity contribution in [2.45, 2.75) is 25.9 Å². The molecular formula is C29H32N2O4. The lowest BCUT2D eigenvalue weighted by atomic mass is 10.1. The van der Waals surface area contributed by atoms with Crippen molar-refractivity contribution >= 4 is 11.8 Å². The van der Waals surface area contributed by atoms with E-state index in [-0.39, 0.29) is 11.8 Å². The van der Waals surface area contributed by atoms with Gasteiger partial charge in [-0.15, -0.1) is 0 Å². The zero-order valence-electron chi connectivity index (χ0n) is 20.2. The average molecular weight is 473 g/mol. The number of carbonyl (C=O) groups excluding carboxylic acids is 2. The lowest BCUT2D eigenvalue weighted by Gasteiger charge is -2.23. The Labute approximate surface area is 207 Å². The number of amides is 2. The van der Waals surface area contributed by atoms with Crippen LogP contribution in [0.15, 0.2) is 78.9 Å². The Morgan fingerprint density at radius 3 is 2.23 bits per heavy atom. The SMILES string of the molecule is COc1ccc(CCC(=O)N2CCCN(C(=O)c3ccccc3COc3ccccc3)CC2)cc1. The van der Waals surface area contributed by atoms with E-state index in [4.69, 9.17) is 9.47 Å². The maximum Gasteiger partial charge on any atom is 0.254 e. The Morgan fingerprint density at radius 2 is 1.46 bits per heavy atom. The van der Waals surface area contributed by atoms with E-state index in [0.717, 1.165) is 29.0 Å². The molecule has 1 aliphatic rings. The van der Waals surface area contributed by atoms with Crippen LogP contribution in [0.3, 0.4) is 0 Å². The van der Waals surface area contributed by atoms with Gasteiger partial charge in [0.25, 0.3) is 5.91 Å². The number of aryl methyl sites for hydroxylation is 1. The highest BCUT2D eigenvalue weighted by molar-refractivity contribution is 5.95. The highest BCUT2D eigenvalue weighted by atomic mass is 16.5. The molecule has 0 spiro atoms. The van der Waals surface area contributed by atoms with Gasteiger partial charge in [0.1, 0.15) is 18.1 Å². The summed E-state index contributed by atoms with van der Waals surface area (Å²) >= 11 is 0. The molecule has 1 saturated heterocycles. The number of methoxy groups -OCH3 is 1. The first-order valence-electron chi connectivity index (χ1n) is 12.1. The Kier molecular flexibility index (Phi) is 8.39. The minimum Gasteiger partial charge on any atom is -0.497 e. The van der Waals surface area contributed by atoms with E-state index in [0.29, 0.717) is 51.2 Å². The quantitative estimate of drug-likeness (QED) is 0.482. The smallest absolute Gasteiger partial charge is 0.254 e. The van der Waals surface area contributed by atoms with Crippen molar-refractivity contribution < 1.29 is 19.1 Å². The first-order chi connectivity index (χ1) is 17.1. The lowest BCUT2D eigenvalue weighted by Crippen LogP contribution is -2.37. The summed E-state index contributed by atoms with van der Waals surface area (Å²) in [7, 11) is 1.64. The Balaban J connectivity index is 1.32. The second-order valence-corrected chi connectivity index (χ2v) is 8.63. The van der Waals surface area contributed by atoms with E-state index in [1.807, 2.05) is 88.7 Å². The topological polar surface area (TPSA) is 59.1 Å². The van der Waals surface area contributed by atoms with Crippen molar-refractivity contribution in [2.24, 2.45) is 0 Å². The summed E-state index contributed by atoms with van der Waals surface area (Å²) in [6.45, 7) is 2.71. The molecular weight excluding hydrogens is 440 g/mol. The van der Waals surface area contributed by atoms with Gasteiger partial charge in [-0.1, -0.05) is 48.5 Å². The maximum absolute atomic E-state index is 13.4. The van der Waals surface area contributed by atoms with Crippen LogP contribution in [0.2, 0.25) is 0 Å². The molecule has 0 aromatic heterocycles. The third-order valence-corrected chi connectivity index (χ3v) is 6.31. The van der Waals surface area contributed by atoms with Crippen LogP contribution in [0.5, 0.6) is 11.5 Å². The fraction of sp³-hybridized carbons (Fsp3) is 0.310. The predicted octanol–water partition coefficient (Wildman–Crippen LogP) is 4.58. The van der Waals surface area contributed by atoms with E-state index < -0.39 is 0 Å². The Morgan fingerprint density at radius 1 is 0.771 bits per heavy atom. The fourth-order valence-electron chi connectivity index (χ4n) is 4.27. The van der Waals surface area contributed by atoms with Crippen molar-refractivity contribution in [3.05, 3.63) is 95.6 Å². The second kappa shape index (κ2) is 12.1. The van der Waals surface area contributed by atoms with Gasteiger partial charge in [0, 0.05) is 43.7 Å². The number of ether oxygens (including phenoxy) is 2. The van der Waals surface area contributed by atoms with Crippen molar-refractivity contribution in [1.82, 2.24) is 9.80 Å². The summed E-state index contributed by atoms with van der Waals surface area (Å²) < 4.78 is 11.1. The van der Waals surface area contributed by atoms with Gasteiger partial charge in [-0.3, -0.25) is 9.59 Å². The molecule has 0 bridgehead atoms. The second-order valence-electron chi connectivity index (χ2n) is 8.63. The molecule has 1 aliphatic heterocycles. The monoisotopic (exact) mass is 472 g/mol. The maximum atomic E-state index is 13.4. The first-order valence-corrected chi connectivity index (χ1v) is 12.1. The minimum absolute atomic E-state index is 0.00945. The third kappa shape index (κ3) is 6.63. The van der Waals surface area contributed by atoms with Crippen molar-refractivity contribution in [2.75, 3.05) is 33.3 Å². The van der Waals surface area contributed by atoms with Crippen molar-refractivity contribution in [3.63, 3.8) is 0 Å². The number of benzene rings is 3. The summed E-state index contributed by atoms with van der Waals surface area (Å²) in [5, 5.41) is 0. The van der Waals surface area contributed by atoms with Gasteiger partial charge in [0.15, 0.2) is 0 Å². The number of nitrogens with zero attached hydrogens (tertiary/aromatic N) is 2. The molecule has 3 aromatic carbocycles. The molecule has 0 N–H and O–H groups in total. The molecule has 0 radical (unpaired) electrons. The van der Waals surface area contributed by atoms with Crippen molar-refractivity contribution in [1.29, 1.82) is 0 Å². The summed E-state index contributed by atoms with van der Waals surface area (Å²) in [5.74, 6) is 1.70. The summed E-state index contributed by atoms with van der Waals surface area (Å²) in [6.07, 6.45) is 1.92. The van der Waals surface area contributed by atoms with Gasteiger partial charge < -0.3 is 19.3 Å². The average Bonchev–Trinajstić information content (AvgIpc) is 3.18. The van der Waals surface area contributed by atoms with Gasteiger partial charge >= 0.3 is 0 Å². The molecule has 0 atom stereocenters. The van der Waals surface area contributed by atoms with Crippen LogP contribution in [0.1, 0.15) is 34.3 Å². The molecule has 0 saturated carbocycles. The lowest BCUT2D eigenvalue weighted by molar-refractivity contribution is -0.131. The molecule has 182 valence electrons. The van der Waals surface area contributed by atoms with Crippen molar-refractivity contribution in [3.8, 4) is 11.5 Å². The molecule has 0 aliphatic carbocycles. The highest BCUT2D eigenvalue weighted by Crippen LogP contribution is 2.18. The van der Waals surface area contributed by atoms with Crippen LogP contribution in [-0.4, -0.2) is 54.9 Å². The van der Waals surface area contributed by atoms with Crippen LogP contribution in [0, 0.1) is 0 Å². The Bertz CT molecular complexity index is 1120. The summed E-state index contributed by atoms with van der Waals surface area (Å²) in [4.78, 5) is 30.0. The van der Waals surface area contributed by atoms with Gasteiger partial charge in [0.05, 0.1) is 7.11 Å². The van der Waals surface area contributed by atoms with Gasteiger partial charge in [0.2, 0.25) is 5.91 Å². The number of hydrogen-bond donors (Lipinski definition) is 0. The zero-order chi connectivity index (χ0) is 24.5. The standard InChI is InChI=1S/C29H32N2O4/c1-34-25-15-12-23(13-16-25)14-17-28(32)30-18-7-19-31(21-20-30)29(33)27-11-6-5-8-24(27)22-35-26-9-3-2-4-10-26/h2-6,8-13,15-16H,7,14,17-22H2,1H3. The number of para-hydroxylation sites is 1. The van der Waals surface area contributed by atoms with Crippen LogP contribution >= 0.6 is 0 Å². The van der Waals surface area contributed by atoms with E-state index in [2.05, 4.69) is 0 Å². The number of rotatable bonds is 8. The molecule has 35 heavy (non-hydrogen) atoms. The van der Waals surface area contributed by atoms with Crippen LogP contribution in [0.4, 0.5) is 0 Å². The van der Waals surface area contributed by atoms with E-state index in [1.165, 1.54) is 0 Å².